The first-order valence-corrected chi connectivity index (χ1v) is 5.95. The summed E-state index contributed by atoms with van der Waals surface area (Å²) >= 11 is 5.64. The molecule has 0 amide bonds. The largest absolute Gasteiger partial charge is 0.352 e. The van der Waals surface area contributed by atoms with Gasteiger partial charge in [0.1, 0.15) is 12.1 Å². The second-order valence-electron chi connectivity index (χ2n) is 4.49. The van der Waals surface area contributed by atoms with Crippen LogP contribution in [0, 0.1) is 11.7 Å². The number of hydrogen-bond acceptors (Lipinski definition) is 4. The minimum absolute atomic E-state index is 0.0355. The standard InChI is InChI=1S/C12H12ClFN2O2/c1-6(2)16-4-7(5-17)10(18)8-3-9(14)11(13)15-12(8)16/h3,5-7H,4H2,1-2H3. The van der Waals surface area contributed by atoms with Gasteiger partial charge in [0.25, 0.3) is 0 Å². The van der Waals surface area contributed by atoms with Crippen molar-refractivity contribution >= 4 is 29.5 Å². The van der Waals surface area contributed by atoms with Crippen LogP contribution < -0.4 is 4.90 Å². The fourth-order valence-electron chi connectivity index (χ4n) is 2.00. The number of rotatable bonds is 2. The van der Waals surface area contributed by atoms with Crippen LogP contribution in [-0.2, 0) is 4.79 Å². The van der Waals surface area contributed by atoms with Crippen molar-refractivity contribution in [2.45, 2.75) is 19.9 Å². The first kappa shape index (κ1) is 13.0. The van der Waals surface area contributed by atoms with E-state index >= 15 is 0 Å². The predicted molar refractivity (Wildman–Crippen MR) is 65.6 cm³/mol. The van der Waals surface area contributed by atoms with Crippen LogP contribution in [0.25, 0.3) is 0 Å². The molecular formula is C12H12ClFN2O2. The Labute approximate surface area is 109 Å². The smallest absolute Gasteiger partial charge is 0.178 e. The summed E-state index contributed by atoms with van der Waals surface area (Å²) in [6.45, 7) is 4.06. The summed E-state index contributed by atoms with van der Waals surface area (Å²) in [5.41, 5.74) is 0.119. The lowest BCUT2D eigenvalue weighted by Crippen LogP contribution is -2.44. The molecule has 0 aromatic carbocycles. The van der Waals surface area contributed by atoms with E-state index in [0.29, 0.717) is 12.1 Å². The van der Waals surface area contributed by atoms with E-state index in [0.717, 1.165) is 6.07 Å². The summed E-state index contributed by atoms with van der Waals surface area (Å²) in [4.78, 5) is 28.6. The number of carbonyl (C=O) groups excluding carboxylic acids is 2. The second-order valence-corrected chi connectivity index (χ2v) is 4.84. The lowest BCUT2D eigenvalue weighted by molar-refractivity contribution is -0.109. The van der Waals surface area contributed by atoms with E-state index in [2.05, 4.69) is 4.98 Å². The average Bonchev–Trinajstić information content (AvgIpc) is 2.32. The minimum Gasteiger partial charge on any atom is -0.352 e. The molecule has 1 atom stereocenters. The van der Waals surface area contributed by atoms with Gasteiger partial charge in [-0.15, -0.1) is 0 Å². The van der Waals surface area contributed by atoms with Gasteiger partial charge < -0.3 is 9.69 Å². The molecule has 0 spiro atoms. The zero-order chi connectivity index (χ0) is 13.4. The Morgan fingerprint density at radius 3 is 2.83 bits per heavy atom. The van der Waals surface area contributed by atoms with Gasteiger partial charge in [0.15, 0.2) is 16.8 Å². The quantitative estimate of drug-likeness (QED) is 0.469. The fourth-order valence-corrected chi connectivity index (χ4v) is 2.13. The molecule has 1 aromatic heterocycles. The third-order valence-corrected chi connectivity index (χ3v) is 3.23. The van der Waals surface area contributed by atoms with Crippen LogP contribution in [0.1, 0.15) is 24.2 Å². The first-order chi connectivity index (χ1) is 8.45. The zero-order valence-corrected chi connectivity index (χ0v) is 10.7. The molecule has 1 aliphatic heterocycles. The number of ketones is 1. The molecule has 1 aliphatic rings. The number of carbonyl (C=O) groups is 2. The fraction of sp³-hybridized carbons (Fsp3) is 0.417. The van der Waals surface area contributed by atoms with E-state index in [9.17, 15) is 14.0 Å². The van der Waals surface area contributed by atoms with Crippen LogP contribution >= 0.6 is 11.6 Å². The van der Waals surface area contributed by atoms with Crippen molar-refractivity contribution in [2.75, 3.05) is 11.4 Å². The van der Waals surface area contributed by atoms with Crippen LogP contribution in [0.15, 0.2) is 6.07 Å². The molecule has 18 heavy (non-hydrogen) atoms. The number of Topliss-reactive ketones (excluding diaryl/α,β-unsaturated/α-hetero) is 1. The molecule has 6 heteroatoms. The SMILES string of the molecule is CC(C)N1CC(C=O)C(=O)c2cc(F)c(Cl)nc21. The van der Waals surface area contributed by atoms with E-state index in [4.69, 9.17) is 11.6 Å². The highest BCUT2D eigenvalue weighted by Gasteiger charge is 2.34. The second kappa shape index (κ2) is 4.65. The molecule has 0 fully saturated rings. The molecule has 0 saturated heterocycles. The molecule has 0 aliphatic carbocycles. The van der Waals surface area contributed by atoms with Gasteiger partial charge in [-0.3, -0.25) is 4.79 Å². The van der Waals surface area contributed by atoms with Crippen molar-refractivity contribution in [1.29, 1.82) is 0 Å². The summed E-state index contributed by atoms with van der Waals surface area (Å²) < 4.78 is 13.4. The van der Waals surface area contributed by atoms with Gasteiger partial charge in [-0.1, -0.05) is 11.6 Å². The van der Waals surface area contributed by atoms with Gasteiger partial charge in [0.05, 0.1) is 11.5 Å². The average molecular weight is 271 g/mol. The Hall–Kier alpha value is -1.49. The monoisotopic (exact) mass is 270 g/mol. The molecule has 0 bridgehead atoms. The summed E-state index contributed by atoms with van der Waals surface area (Å²) in [5, 5.41) is -0.267. The van der Waals surface area contributed by atoms with Crippen molar-refractivity contribution in [2.24, 2.45) is 5.92 Å². The zero-order valence-electron chi connectivity index (χ0n) is 9.98. The summed E-state index contributed by atoms with van der Waals surface area (Å²) in [6, 6.07) is 1.09. The van der Waals surface area contributed by atoms with Crippen molar-refractivity contribution < 1.29 is 14.0 Å². The lowest BCUT2D eigenvalue weighted by atomic mass is 9.93. The van der Waals surface area contributed by atoms with Gasteiger partial charge in [-0.2, -0.15) is 0 Å². The molecule has 0 radical (unpaired) electrons. The van der Waals surface area contributed by atoms with Crippen molar-refractivity contribution in [3.8, 4) is 0 Å². The molecule has 2 heterocycles. The summed E-state index contributed by atoms with van der Waals surface area (Å²) in [6.07, 6.45) is 0.590. The van der Waals surface area contributed by atoms with Gasteiger partial charge >= 0.3 is 0 Å². The number of pyridine rings is 1. The Kier molecular flexibility index (Phi) is 3.34. The van der Waals surface area contributed by atoms with Gasteiger partial charge in [0, 0.05) is 12.6 Å². The molecule has 0 N–H and O–H groups in total. The third kappa shape index (κ3) is 1.99. The highest BCUT2D eigenvalue weighted by molar-refractivity contribution is 6.30. The Morgan fingerprint density at radius 2 is 2.28 bits per heavy atom. The number of hydrogen-bond donors (Lipinski definition) is 0. The van der Waals surface area contributed by atoms with Crippen LogP contribution in [0.5, 0.6) is 0 Å². The van der Waals surface area contributed by atoms with Crippen LogP contribution in [0.4, 0.5) is 10.2 Å². The molecular weight excluding hydrogens is 259 g/mol. The number of anilines is 1. The van der Waals surface area contributed by atoms with Gasteiger partial charge in [-0.05, 0) is 19.9 Å². The van der Waals surface area contributed by atoms with Crippen LogP contribution in [0.3, 0.4) is 0 Å². The Bertz CT molecular complexity index is 519. The van der Waals surface area contributed by atoms with E-state index < -0.39 is 17.5 Å². The van der Waals surface area contributed by atoms with E-state index in [1.807, 2.05) is 13.8 Å². The van der Waals surface area contributed by atoms with E-state index in [1.165, 1.54) is 0 Å². The lowest BCUT2D eigenvalue weighted by Gasteiger charge is -2.35. The maximum Gasteiger partial charge on any atom is 0.178 e. The molecule has 1 unspecified atom stereocenters. The molecule has 2 rings (SSSR count). The molecule has 96 valence electrons. The highest BCUT2D eigenvalue weighted by Crippen LogP contribution is 2.31. The predicted octanol–water partition coefficient (Wildman–Crippen LogP) is 2.10. The third-order valence-electron chi connectivity index (χ3n) is 2.97. The maximum atomic E-state index is 13.4. The highest BCUT2D eigenvalue weighted by atomic mass is 35.5. The van der Waals surface area contributed by atoms with Gasteiger partial charge in [-0.25, -0.2) is 9.37 Å². The minimum atomic E-state index is -0.776. The number of aromatic nitrogens is 1. The van der Waals surface area contributed by atoms with Crippen LogP contribution in [0.2, 0.25) is 5.15 Å². The van der Waals surface area contributed by atoms with Crippen LogP contribution in [-0.4, -0.2) is 29.6 Å². The summed E-state index contributed by atoms with van der Waals surface area (Å²) in [5.74, 6) is -1.58. The van der Waals surface area contributed by atoms with Crippen molar-refractivity contribution in [3.05, 3.63) is 22.6 Å². The Morgan fingerprint density at radius 1 is 1.61 bits per heavy atom. The number of fused-ring (bicyclic) bond motifs is 1. The van der Waals surface area contributed by atoms with E-state index in [-0.39, 0.29) is 23.3 Å². The maximum absolute atomic E-state index is 13.4. The van der Waals surface area contributed by atoms with Crippen molar-refractivity contribution in [3.63, 3.8) is 0 Å². The van der Waals surface area contributed by atoms with Gasteiger partial charge in [0.2, 0.25) is 0 Å². The van der Waals surface area contributed by atoms with Crippen molar-refractivity contribution in [1.82, 2.24) is 4.98 Å². The number of aldehydes is 1. The topological polar surface area (TPSA) is 50.3 Å². The molecule has 1 aromatic rings. The first-order valence-electron chi connectivity index (χ1n) is 5.58. The summed E-state index contributed by atoms with van der Waals surface area (Å²) in [7, 11) is 0. The number of halogens is 2. The normalized spacial score (nSPS) is 19.1. The van der Waals surface area contributed by atoms with E-state index in [1.54, 1.807) is 4.90 Å². The number of nitrogens with zero attached hydrogens (tertiary/aromatic N) is 2. The molecule has 4 nitrogen and oxygen atoms in total. The Balaban J connectivity index is 2.60. The molecule has 0 saturated carbocycles.